The number of pyridine rings is 1. The van der Waals surface area contributed by atoms with Gasteiger partial charge in [0, 0.05) is 25.1 Å². The van der Waals surface area contributed by atoms with E-state index in [9.17, 15) is 0 Å². The number of halogens is 1. The lowest BCUT2D eigenvalue weighted by Gasteiger charge is -2.05. The predicted octanol–water partition coefficient (Wildman–Crippen LogP) is 2.26. The van der Waals surface area contributed by atoms with Gasteiger partial charge in [-0.05, 0) is 18.1 Å². The quantitative estimate of drug-likeness (QED) is 0.742. The van der Waals surface area contributed by atoms with Gasteiger partial charge in [-0.15, -0.1) is 11.6 Å². The molecule has 2 aromatic rings. The Kier molecular flexibility index (Phi) is 3.35. The molecule has 0 saturated heterocycles. The minimum atomic E-state index is 0.507. The third-order valence-electron chi connectivity index (χ3n) is 2.30. The average Bonchev–Trinajstić information content (AvgIpc) is 2.75. The number of hydrogen-bond donors (Lipinski definition) is 0. The van der Waals surface area contributed by atoms with Gasteiger partial charge in [-0.3, -0.25) is 4.98 Å². The van der Waals surface area contributed by atoms with Gasteiger partial charge in [0.15, 0.2) is 0 Å². The third-order valence-corrected chi connectivity index (χ3v) is 2.57. The van der Waals surface area contributed by atoms with Crippen LogP contribution < -0.4 is 0 Å². The number of aryl methyl sites for hydroxylation is 2. The lowest BCUT2D eigenvalue weighted by Crippen LogP contribution is -2.03. The molecule has 0 fully saturated rings. The molecule has 0 N–H and O–H groups in total. The van der Waals surface area contributed by atoms with E-state index in [1.807, 2.05) is 18.6 Å². The largest absolute Gasteiger partial charge is 0.333 e. The Morgan fingerprint density at radius 1 is 1.27 bits per heavy atom. The highest BCUT2D eigenvalue weighted by atomic mass is 35.5. The highest BCUT2D eigenvalue weighted by molar-refractivity contribution is 6.16. The van der Waals surface area contributed by atoms with Crippen LogP contribution in [0.2, 0.25) is 0 Å². The fraction of sp³-hybridized carbons (Fsp3) is 0.273. The molecule has 4 heteroatoms. The molecule has 3 nitrogen and oxygen atoms in total. The summed E-state index contributed by atoms with van der Waals surface area (Å²) in [5.74, 6) is 0.507. The van der Waals surface area contributed by atoms with Crippen LogP contribution in [0.15, 0.2) is 37.1 Å². The van der Waals surface area contributed by atoms with Gasteiger partial charge < -0.3 is 4.57 Å². The van der Waals surface area contributed by atoms with Crippen LogP contribution >= 0.6 is 11.6 Å². The van der Waals surface area contributed by atoms with Gasteiger partial charge in [-0.2, -0.15) is 0 Å². The summed E-state index contributed by atoms with van der Waals surface area (Å²) >= 11 is 5.78. The van der Waals surface area contributed by atoms with E-state index in [2.05, 4.69) is 20.6 Å². The molecular formula is C11H12ClN3. The Labute approximate surface area is 93.7 Å². The monoisotopic (exact) mass is 221 g/mol. The Balaban J connectivity index is 1.99. The van der Waals surface area contributed by atoms with Crippen molar-refractivity contribution >= 4 is 11.6 Å². The maximum absolute atomic E-state index is 5.78. The van der Waals surface area contributed by atoms with Gasteiger partial charge >= 0.3 is 0 Å². The van der Waals surface area contributed by atoms with Crippen molar-refractivity contribution in [2.45, 2.75) is 18.8 Å². The Morgan fingerprint density at radius 2 is 2.20 bits per heavy atom. The molecule has 0 aliphatic rings. The molecule has 0 aromatic carbocycles. The summed E-state index contributed by atoms with van der Waals surface area (Å²) in [6.07, 6.45) is 8.24. The van der Waals surface area contributed by atoms with E-state index in [1.54, 1.807) is 12.4 Å². The van der Waals surface area contributed by atoms with Crippen LogP contribution in [0, 0.1) is 0 Å². The molecule has 2 rings (SSSR count). The van der Waals surface area contributed by atoms with Crippen LogP contribution in [0.5, 0.6) is 0 Å². The van der Waals surface area contributed by atoms with Gasteiger partial charge in [0.25, 0.3) is 0 Å². The van der Waals surface area contributed by atoms with Crippen molar-refractivity contribution < 1.29 is 0 Å². The first kappa shape index (κ1) is 10.2. The fourth-order valence-corrected chi connectivity index (χ4v) is 1.68. The molecule has 0 bridgehead atoms. The normalized spacial score (nSPS) is 10.5. The van der Waals surface area contributed by atoms with E-state index in [0.717, 1.165) is 18.7 Å². The Bertz CT molecular complexity index is 411. The van der Waals surface area contributed by atoms with Crippen LogP contribution in [-0.2, 0) is 18.8 Å². The van der Waals surface area contributed by atoms with Gasteiger partial charge in [-0.25, -0.2) is 4.98 Å². The van der Waals surface area contributed by atoms with E-state index in [0.29, 0.717) is 5.88 Å². The fourth-order valence-electron chi connectivity index (χ4n) is 1.46. The summed E-state index contributed by atoms with van der Waals surface area (Å²) in [4.78, 5) is 8.14. The number of imidazole rings is 1. The number of nitrogens with zero attached hydrogens (tertiary/aromatic N) is 3. The Morgan fingerprint density at radius 3 is 2.93 bits per heavy atom. The number of aromatic nitrogens is 3. The summed E-state index contributed by atoms with van der Waals surface area (Å²) in [6.45, 7) is 0.897. The maximum atomic E-state index is 5.78. The van der Waals surface area contributed by atoms with Gasteiger partial charge in [0.2, 0.25) is 0 Å². The van der Waals surface area contributed by atoms with Crippen molar-refractivity contribution in [1.82, 2.24) is 14.5 Å². The molecule has 0 unspecified atom stereocenters. The molecule has 0 atom stereocenters. The summed E-state index contributed by atoms with van der Waals surface area (Å²) in [5, 5.41) is 0. The first-order valence-electron chi connectivity index (χ1n) is 4.84. The zero-order valence-corrected chi connectivity index (χ0v) is 9.06. The summed E-state index contributed by atoms with van der Waals surface area (Å²) in [7, 11) is 0. The zero-order chi connectivity index (χ0) is 10.5. The minimum absolute atomic E-state index is 0.507. The summed E-state index contributed by atoms with van der Waals surface area (Å²) in [6, 6.07) is 4.02. The Hall–Kier alpha value is -1.35. The molecule has 78 valence electrons. The van der Waals surface area contributed by atoms with Crippen LogP contribution in [0.4, 0.5) is 0 Å². The second kappa shape index (κ2) is 4.94. The molecule has 0 spiro atoms. The number of hydrogen-bond acceptors (Lipinski definition) is 2. The number of rotatable bonds is 4. The van der Waals surface area contributed by atoms with E-state index in [-0.39, 0.29) is 0 Å². The SMILES string of the molecule is ClCc1cncn1CCc1cccnc1. The van der Waals surface area contributed by atoms with Crippen molar-refractivity contribution in [2.75, 3.05) is 0 Å². The lowest BCUT2D eigenvalue weighted by molar-refractivity contribution is 0.673. The average molecular weight is 222 g/mol. The summed E-state index contributed by atoms with van der Waals surface area (Å²) in [5.41, 5.74) is 2.28. The van der Waals surface area contributed by atoms with E-state index in [4.69, 9.17) is 11.6 Å². The smallest absolute Gasteiger partial charge is 0.0948 e. The lowest BCUT2D eigenvalue weighted by atomic mass is 10.2. The van der Waals surface area contributed by atoms with Crippen molar-refractivity contribution in [1.29, 1.82) is 0 Å². The first-order chi connectivity index (χ1) is 7.40. The zero-order valence-electron chi connectivity index (χ0n) is 8.31. The van der Waals surface area contributed by atoms with Gasteiger partial charge in [0.1, 0.15) is 0 Å². The molecule has 0 aliphatic carbocycles. The molecule has 0 amide bonds. The molecule has 2 heterocycles. The first-order valence-corrected chi connectivity index (χ1v) is 5.37. The number of alkyl halides is 1. The molecule has 2 aromatic heterocycles. The standard InChI is InChI=1S/C11H12ClN3/c12-6-11-8-14-9-15(11)5-3-10-2-1-4-13-7-10/h1-2,4,7-9H,3,5-6H2. The van der Waals surface area contributed by atoms with E-state index >= 15 is 0 Å². The second-order valence-electron chi connectivity index (χ2n) is 3.32. The molecule has 15 heavy (non-hydrogen) atoms. The van der Waals surface area contributed by atoms with Crippen LogP contribution in [0.25, 0.3) is 0 Å². The van der Waals surface area contributed by atoms with Crippen molar-refractivity contribution in [3.8, 4) is 0 Å². The molecule has 0 saturated carbocycles. The minimum Gasteiger partial charge on any atom is -0.333 e. The molecule has 0 radical (unpaired) electrons. The van der Waals surface area contributed by atoms with Crippen LogP contribution in [0.1, 0.15) is 11.3 Å². The topological polar surface area (TPSA) is 30.7 Å². The van der Waals surface area contributed by atoms with Crippen LogP contribution in [0.3, 0.4) is 0 Å². The van der Waals surface area contributed by atoms with E-state index < -0.39 is 0 Å². The highest BCUT2D eigenvalue weighted by Crippen LogP contribution is 2.05. The third kappa shape index (κ3) is 2.57. The van der Waals surface area contributed by atoms with Gasteiger partial charge in [-0.1, -0.05) is 6.07 Å². The van der Waals surface area contributed by atoms with Gasteiger partial charge in [0.05, 0.1) is 17.9 Å². The van der Waals surface area contributed by atoms with E-state index in [1.165, 1.54) is 5.56 Å². The summed E-state index contributed by atoms with van der Waals surface area (Å²) < 4.78 is 2.07. The molecular weight excluding hydrogens is 210 g/mol. The molecule has 0 aliphatic heterocycles. The predicted molar refractivity (Wildman–Crippen MR) is 59.7 cm³/mol. The van der Waals surface area contributed by atoms with Crippen molar-refractivity contribution in [3.05, 3.63) is 48.3 Å². The van der Waals surface area contributed by atoms with Crippen molar-refractivity contribution in [2.24, 2.45) is 0 Å². The second-order valence-corrected chi connectivity index (χ2v) is 3.59. The van der Waals surface area contributed by atoms with Crippen LogP contribution in [-0.4, -0.2) is 14.5 Å². The maximum Gasteiger partial charge on any atom is 0.0948 e. The van der Waals surface area contributed by atoms with Crippen molar-refractivity contribution in [3.63, 3.8) is 0 Å². The highest BCUT2D eigenvalue weighted by Gasteiger charge is 2.00.